The lowest BCUT2D eigenvalue weighted by molar-refractivity contribution is -0.0512. The lowest BCUT2D eigenvalue weighted by Crippen LogP contribution is -2.11. The first-order valence-electron chi connectivity index (χ1n) is 6.50. The smallest absolute Gasteiger partial charge is 0.387 e. The van der Waals surface area contributed by atoms with Crippen molar-refractivity contribution in [2.75, 3.05) is 12.4 Å². The minimum Gasteiger partial charge on any atom is -0.493 e. The van der Waals surface area contributed by atoms with Crippen molar-refractivity contribution in [3.05, 3.63) is 36.2 Å². The Bertz CT molecular complexity index is 659. The first-order chi connectivity index (χ1) is 10.5. The number of methoxy groups -OCH3 is 1. The maximum atomic E-state index is 12.2. The molecule has 1 heterocycles. The number of benzene rings is 1. The highest BCUT2D eigenvalue weighted by atomic mass is 19.3. The van der Waals surface area contributed by atoms with Crippen molar-refractivity contribution in [1.82, 2.24) is 9.78 Å². The van der Waals surface area contributed by atoms with Crippen LogP contribution in [0.15, 0.2) is 30.6 Å². The van der Waals surface area contributed by atoms with Crippen LogP contribution in [-0.2, 0) is 6.54 Å². The highest BCUT2D eigenvalue weighted by Gasteiger charge is 2.13. The van der Waals surface area contributed by atoms with Crippen molar-refractivity contribution in [3.63, 3.8) is 0 Å². The summed E-state index contributed by atoms with van der Waals surface area (Å²) in [5.74, 6) is -0.360. The summed E-state index contributed by atoms with van der Waals surface area (Å²) in [6, 6.07) is 4.15. The normalized spacial score (nSPS) is 10.6. The molecule has 0 bridgehead atoms. The second-order valence-corrected chi connectivity index (χ2v) is 4.28. The number of halogens is 2. The van der Waals surface area contributed by atoms with Crippen LogP contribution in [0.1, 0.15) is 17.3 Å². The van der Waals surface area contributed by atoms with Gasteiger partial charge in [-0.15, -0.1) is 0 Å². The Hall–Kier alpha value is -2.64. The van der Waals surface area contributed by atoms with Crippen LogP contribution in [0, 0.1) is 0 Å². The molecule has 0 aliphatic heterocycles. The Labute approximate surface area is 125 Å². The highest BCUT2D eigenvalue weighted by Crippen LogP contribution is 2.31. The Kier molecular flexibility index (Phi) is 4.92. The molecule has 0 aliphatic rings. The summed E-state index contributed by atoms with van der Waals surface area (Å²) >= 11 is 0. The second kappa shape index (κ2) is 6.88. The minimum atomic E-state index is -2.95. The summed E-state index contributed by atoms with van der Waals surface area (Å²) in [7, 11) is 1.32. The number of ether oxygens (including phenoxy) is 2. The van der Waals surface area contributed by atoms with Gasteiger partial charge in [0, 0.05) is 24.5 Å². The van der Waals surface area contributed by atoms with Crippen molar-refractivity contribution in [3.8, 4) is 11.5 Å². The molecular formula is C14H15F2N3O3. The van der Waals surface area contributed by atoms with Gasteiger partial charge in [-0.05, 0) is 19.1 Å². The predicted molar refractivity (Wildman–Crippen MR) is 75.5 cm³/mol. The standard InChI is InChI=1S/C14H15F2N3O3/c1-3-19-8-9(7-17-19)13(20)18-10-4-5-11(22-14(15)16)12(6-10)21-2/h4-8,14H,3H2,1-2H3,(H,18,20). The summed E-state index contributed by atoms with van der Waals surface area (Å²) in [6.07, 6.45) is 3.06. The zero-order valence-corrected chi connectivity index (χ0v) is 12.0. The van der Waals surface area contributed by atoms with E-state index in [1.54, 1.807) is 10.9 Å². The predicted octanol–water partition coefficient (Wildman–Crippen LogP) is 2.77. The van der Waals surface area contributed by atoms with E-state index in [0.717, 1.165) is 0 Å². The van der Waals surface area contributed by atoms with Gasteiger partial charge in [0.15, 0.2) is 11.5 Å². The number of hydrogen-bond donors (Lipinski definition) is 1. The summed E-state index contributed by atoms with van der Waals surface area (Å²) in [5, 5.41) is 6.64. The topological polar surface area (TPSA) is 65.4 Å². The molecule has 2 aromatic rings. The van der Waals surface area contributed by atoms with Crippen LogP contribution in [0.3, 0.4) is 0 Å². The number of alkyl halides is 2. The Morgan fingerprint density at radius 1 is 1.41 bits per heavy atom. The van der Waals surface area contributed by atoms with Gasteiger partial charge >= 0.3 is 6.61 Å². The lowest BCUT2D eigenvalue weighted by atomic mass is 10.2. The summed E-state index contributed by atoms with van der Waals surface area (Å²) in [5.41, 5.74) is 0.793. The minimum absolute atomic E-state index is 0.0994. The van der Waals surface area contributed by atoms with E-state index in [-0.39, 0.29) is 17.4 Å². The largest absolute Gasteiger partial charge is 0.493 e. The fourth-order valence-corrected chi connectivity index (χ4v) is 1.80. The molecule has 0 saturated heterocycles. The van der Waals surface area contributed by atoms with Crippen molar-refractivity contribution in [2.24, 2.45) is 0 Å². The van der Waals surface area contributed by atoms with E-state index >= 15 is 0 Å². The van der Waals surface area contributed by atoms with Crippen molar-refractivity contribution in [1.29, 1.82) is 0 Å². The number of nitrogens with one attached hydrogen (secondary N) is 1. The van der Waals surface area contributed by atoms with E-state index in [4.69, 9.17) is 4.74 Å². The number of aryl methyl sites for hydroxylation is 1. The third-order valence-electron chi connectivity index (χ3n) is 2.86. The van der Waals surface area contributed by atoms with E-state index in [9.17, 15) is 13.6 Å². The fourth-order valence-electron chi connectivity index (χ4n) is 1.80. The fraction of sp³-hybridized carbons (Fsp3) is 0.286. The molecule has 6 nitrogen and oxygen atoms in total. The number of hydrogen-bond acceptors (Lipinski definition) is 4. The SMILES string of the molecule is CCn1cc(C(=O)Nc2ccc(OC(F)F)c(OC)c2)cn1. The summed E-state index contributed by atoms with van der Waals surface area (Å²) in [6.45, 7) is -0.392. The van der Waals surface area contributed by atoms with E-state index in [1.165, 1.54) is 31.5 Å². The molecule has 0 unspecified atom stereocenters. The monoisotopic (exact) mass is 311 g/mol. The van der Waals surface area contributed by atoms with Crippen LogP contribution in [0.25, 0.3) is 0 Å². The summed E-state index contributed by atoms with van der Waals surface area (Å²) in [4.78, 5) is 12.0. The van der Waals surface area contributed by atoms with Crippen LogP contribution in [0.5, 0.6) is 11.5 Å². The number of rotatable bonds is 6. The van der Waals surface area contributed by atoms with Gasteiger partial charge in [-0.3, -0.25) is 9.48 Å². The van der Waals surface area contributed by atoms with Crippen molar-refractivity contribution in [2.45, 2.75) is 20.1 Å². The van der Waals surface area contributed by atoms with E-state index in [2.05, 4.69) is 15.2 Å². The Morgan fingerprint density at radius 3 is 2.77 bits per heavy atom. The number of amides is 1. The average molecular weight is 311 g/mol. The number of anilines is 1. The Balaban J connectivity index is 2.13. The van der Waals surface area contributed by atoms with Crippen molar-refractivity contribution < 1.29 is 23.0 Å². The third kappa shape index (κ3) is 3.72. The van der Waals surface area contributed by atoms with Gasteiger partial charge < -0.3 is 14.8 Å². The van der Waals surface area contributed by atoms with Gasteiger partial charge in [-0.1, -0.05) is 0 Å². The van der Waals surface area contributed by atoms with Crippen molar-refractivity contribution >= 4 is 11.6 Å². The Morgan fingerprint density at radius 2 is 2.18 bits per heavy atom. The number of nitrogens with zero attached hydrogens (tertiary/aromatic N) is 2. The van der Waals surface area contributed by atoms with Gasteiger partial charge in [-0.25, -0.2) is 0 Å². The molecule has 8 heteroatoms. The first kappa shape index (κ1) is 15.7. The lowest BCUT2D eigenvalue weighted by Gasteiger charge is -2.11. The molecular weight excluding hydrogens is 296 g/mol. The van der Waals surface area contributed by atoms with Gasteiger partial charge in [0.05, 0.1) is 18.9 Å². The molecule has 22 heavy (non-hydrogen) atoms. The molecule has 0 saturated carbocycles. The quantitative estimate of drug-likeness (QED) is 0.891. The zero-order chi connectivity index (χ0) is 16.1. The molecule has 0 atom stereocenters. The zero-order valence-electron chi connectivity index (χ0n) is 12.0. The maximum Gasteiger partial charge on any atom is 0.387 e. The van der Waals surface area contributed by atoms with Crippen LogP contribution >= 0.6 is 0 Å². The highest BCUT2D eigenvalue weighted by molar-refractivity contribution is 6.04. The van der Waals surface area contributed by atoms with E-state index in [1.807, 2.05) is 6.92 Å². The average Bonchev–Trinajstić information content (AvgIpc) is 2.97. The van der Waals surface area contributed by atoms with E-state index in [0.29, 0.717) is 17.8 Å². The van der Waals surface area contributed by atoms with E-state index < -0.39 is 6.61 Å². The summed E-state index contributed by atoms with van der Waals surface area (Å²) < 4.78 is 35.4. The van der Waals surface area contributed by atoms with Crippen LogP contribution in [0.4, 0.5) is 14.5 Å². The molecule has 1 aromatic carbocycles. The van der Waals surface area contributed by atoms with Gasteiger partial charge in [-0.2, -0.15) is 13.9 Å². The molecule has 1 aromatic heterocycles. The van der Waals surface area contributed by atoms with Crippen LogP contribution in [-0.4, -0.2) is 29.4 Å². The molecule has 1 N–H and O–H groups in total. The van der Waals surface area contributed by atoms with Gasteiger partial charge in [0.1, 0.15) is 0 Å². The first-order valence-corrected chi connectivity index (χ1v) is 6.50. The molecule has 0 spiro atoms. The van der Waals surface area contributed by atoms with Gasteiger partial charge in [0.2, 0.25) is 0 Å². The molecule has 0 fully saturated rings. The van der Waals surface area contributed by atoms with Crippen LogP contribution in [0.2, 0.25) is 0 Å². The molecule has 0 radical (unpaired) electrons. The molecule has 2 rings (SSSR count). The number of carbonyl (C=O) groups is 1. The molecule has 0 aliphatic carbocycles. The number of aromatic nitrogens is 2. The molecule has 118 valence electrons. The number of carbonyl (C=O) groups excluding carboxylic acids is 1. The molecule has 1 amide bonds. The second-order valence-electron chi connectivity index (χ2n) is 4.28. The maximum absolute atomic E-state index is 12.2. The van der Waals surface area contributed by atoms with Crippen LogP contribution < -0.4 is 14.8 Å². The third-order valence-corrected chi connectivity index (χ3v) is 2.86. The van der Waals surface area contributed by atoms with Gasteiger partial charge in [0.25, 0.3) is 5.91 Å².